The van der Waals surface area contributed by atoms with Crippen LogP contribution in [-0.2, 0) is 4.57 Å². The summed E-state index contributed by atoms with van der Waals surface area (Å²) in [4.78, 5) is 16.4. The van der Waals surface area contributed by atoms with Crippen LogP contribution in [0.5, 0.6) is 0 Å². The molecule has 8 heavy (non-hydrogen) atoms. The Kier molecular flexibility index (Phi) is 3.46. The molecule has 0 aliphatic carbocycles. The molecule has 0 unspecified atom stereocenters. The maximum Gasteiger partial charge on any atom is 0.327 e. The van der Waals surface area contributed by atoms with Crippen LogP contribution in [0.25, 0.3) is 0 Å². The molecule has 0 bridgehead atoms. The molecule has 0 rings (SSSR count). The second kappa shape index (κ2) is 3.13. The van der Waals surface area contributed by atoms with Crippen molar-refractivity contribution in [2.75, 3.05) is 6.16 Å². The van der Waals surface area contributed by atoms with Gasteiger partial charge in [-0.05, 0) is 0 Å². The van der Waals surface area contributed by atoms with Gasteiger partial charge in [0.15, 0.2) is 0 Å². The molecule has 0 atom stereocenters. The van der Waals surface area contributed by atoms with Gasteiger partial charge in [0.25, 0.3) is 0 Å². The quantitative estimate of drug-likeness (QED) is 0.277. The van der Waals surface area contributed by atoms with E-state index in [0.29, 0.717) is 0 Å². The van der Waals surface area contributed by atoms with Crippen LogP contribution in [-0.4, -0.2) is 20.5 Å². The van der Waals surface area contributed by atoms with E-state index in [0.717, 1.165) is 0 Å². The van der Waals surface area contributed by atoms with Crippen LogP contribution in [0.3, 0.4) is 0 Å². The summed E-state index contributed by atoms with van der Waals surface area (Å²) in [7, 11) is -3.87. The van der Waals surface area contributed by atoms with Gasteiger partial charge in [0, 0.05) is 0 Å². The van der Waals surface area contributed by atoms with Gasteiger partial charge in [-0.1, -0.05) is 0 Å². The van der Waals surface area contributed by atoms with E-state index >= 15 is 0 Å². The lowest BCUT2D eigenvalue weighted by atomic mass is 10.9. The smallest absolute Gasteiger partial charge is 0.324 e. The number of hydrogen-bond donors (Lipinski definition) is 4. The first kappa shape index (κ1) is 8.85. The molecule has 0 aromatic heterocycles. The van der Waals surface area contributed by atoms with Gasteiger partial charge in [0.2, 0.25) is 0 Å². The van der Waals surface area contributed by atoms with Crippen molar-refractivity contribution in [1.29, 1.82) is 0 Å². The highest BCUT2D eigenvalue weighted by atomic mass is 32.2. The second-order valence-electron chi connectivity index (χ2n) is 1.33. The van der Waals surface area contributed by atoms with Crippen LogP contribution >= 0.6 is 32.9 Å². The third-order valence-electron chi connectivity index (χ3n) is 0.401. The Morgan fingerprint density at radius 1 is 1.50 bits per heavy atom. The molecule has 2 N–H and O–H groups in total. The van der Waals surface area contributed by atoms with E-state index in [2.05, 4.69) is 25.3 Å². The zero-order valence-corrected chi connectivity index (χ0v) is 6.61. The van der Waals surface area contributed by atoms with E-state index in [1.807, 2.05) is 0 Å². The van der Waals surface area contributed by atoms with Gasteiger partial charge in [-0.25, -0.2) is 0 Å². The number of hydrogen-bond acceptors (Lipinski definition) is 3. The molecule has 3 nitrogen and oxygen atoms in total. The number of thiol groups is 2. The molecule has 50 valence electrons. The minimum absolute atomic E-state index is 0.279. The molecule has 0 saturated carbocycles. The third-order valence-corrected chi connectivity index (χ3v) is 2.18. The van der Waals surface area contributed by atoms with Gasteiger partial charge in [0.1, 0.15) is 0 Å². The summed E-state index contributed by atoms with van der Waals surface area (Å²) in [6.45, 7) is 0. The van der Waals surface area contributed by atoms with Crippen molar-refractivity contribution in [3.63, 3.8) is 0 Å². The number of rotatable bonds is 2. The summed E-state index contributed by atoms with van der Waals surface area (Å²) in [5.41, 5.74) is 0. The molecule has 0 amide bonds. The monoisotopic (exact) mass is 174 g/mol. The Labute approximate surface area is 58.5 Å². The van der Waals surface area contributed by atoms with Crippen molar-refractivity contribution < 1.29 is 14.4 Å². The molecule has 0 radical (unpaired) electrons. The second-order valence-corrected chi connectivity index (χ2v) is 4.68. The summed E-state index contributed by atoms with van der Waals surface area (Å²) in [6.07, 6.45) is -0.279. The van der Waals surface area contributed by atoms with Crippen LogP contribution in [0.4, 0.5) is 0 Å². The lowest BCUT2D eigenvalue weighted by molar-refractivity contribution is 0.374. The molecule has 0 fully saturated rings. The Balaban J connectivity index is 3.56. The van der Waals surface area contributed by atoms with Gasteiger partial charge in [-0.15, -0.1) is 0 Å². The first-order valence-corrected chi connectivity index (χ1v) is 4.65. The molecule has 0 aliphatic rings. The van der Waals surface area contributed by atoms with E-state index in [1.165, 1.54) is 0 Å². The van der Waals surface area contributed by atoms with Crippen LogP contribution in [0.2, 0.25) is 0 Å². The highest BCUT2D eigenvalue weighted by molar-refractivity contribution is 7.99. The van der Waals surface area contributed by atoms with Crippen molar-refractivity contribution >= 4 is 32.9 Å². The Hall–Kier alpha value is 0.850. The third kappa shape index (κ3) is 6.85. The molecule has 0 aromatic rings. The fourth-order valence-electron chi connectivity index (χ4n) is 0.213. The highest BCUT2D eigenvalue weighted by Gasteiger charge is 2.15. The Bertz CT molecular complexity index is 108. The van der Waals surface area contributed by atoms with E-state index in [4.69, 9.17) is 9.79 Å². The Morgan fingerprint density at radius 2 is 1.88 bits per heavy atom. The van der Waals surface area contributed by atoms with Gasteiger partial charge >= 0.3 is 7.60 Å². The van der Waals surface area contributed by atoms with Crippen molar-refractivity contribution in [2.45, 2.75) is 4.58 Å². The van der Waals surface area contributed by atoms with E-state index in [-0.39, 0.29) is 6.16 Å². The van der Waals surface area contributed by atoms with Crippen molar-refractivity contribution in [1.82, 2.24) is 0 Å². The van der Waals surface area contributed by atoms with Crippen LogP contribution in [0.1, 0.15) is 0 Å². The van der Waals surface area contributed by atoms with Gasteiger partial charge < -0.3 is 9.79 Å². The van der Waals surface area contributed by atoms with E-state index < -0.39 is 12.2 Å². The molecule has 0 spiro atoms. The zero-order valence-electron chi connectivity index (χ0n) is 3.93. The van der Waals surface area contributed by atoms with E-state index in [9.17, 15) is 4.57 Å². The van der Waals surface area contributed by atoms with E-state index in [1.54, 1.807) is 0 Å². The standard InChI is InChI=1S/C2H7O3PS2/c3-6(4,5)1-2(7)8/h2,7-8H,1H2,(H2,3,4,5). The first-order chi connectivity index (χ1) is 3.42. The topological polar surface area (TPSA) is 57.5 Å². The summed E-state index contributed by atoms with van der Waals surface area (Å²) >= 11 is 7.33. The molecule has 6 heteroatoms. The van der Waals surface area contributed by atoms with Gasteiger partial charge in [0.05, 0.1) is 10.7 Å². The molecular weight excluding hydrogens is 167 g/mol. The maximum atomic E-state index is 10.0. The predicted octanol–water partition coefficient (Wildman–Crippen LogP) is 0.350. The Morgan fingerprint density at radius 3 is 1.88 bits per heavy atom. The molecular formula is C2H7O3PS2. The largest absolute Gasteiger partial charge is 0.327 e. The van der Waals surface area contributed by atoms with Crippen LogP contribution in [0, 0.1) is 0 Å². The maximum absolute atomic E-state index is 10.0. The molecule has 0 aromatic carbocycles. The lowest BCUT2D eigenvalue weighted by Crippen LogP contribution is -1.96. The van der Waals surface area contributed by atoms with Gasteiger partial charge in [-0.2, -0.15) is 25.3 Å². The summed E-state index contributed by atoms with van der Waals surface area (Å²) in [5.74, 6) is 0. The van der Waals surface area contributed by atoms with Crippen LogP contribution in [0.15, 0.2) is 0 Å². The SMILES string of the molecule is O=P(O)(O)CC(S)S. The minimum Gasteiger partial charge on any atom is -0.324 e. The normalized spacial score (nSPS) is 12.6. The molecule has 0 heterocycles. The predicted molar refractivity (Wildman–Crippen MR) is 38.7 cm³/mol. The fourth-order valence-corrected chi connectivity index (χ4v) is 1.91. The average molecular weight is 174 g/mol. The van der Waals surface area contributed by atoms with Crippen molar-refractivity contribution in [3.8, 4) is 0 Å². The first-order valence-electron chi connectivity index (χ1n) is 1.82. The molecule has 0 saturated heterocycles. The zero-order chi connectivity index (χ0) is 6.78. The fraction of sp³-hybridized carbons (Fsp3) is 1.00. The summed E-state index contributed by atoms with van der Waals surface area (Å²) in [6, 6.07) is 0. The lowest BCUT2D eigenvalue weighted by Gasteiger charge is -2.03. The van der Waals surface area contributed by atoms with Crippen molar-refractivity contribution in [2.24, 2.45) is 0 Å². The summed E-state index contributed by atoms with van der Waals surface area (Å²) < 4.78 is 9.51. The van der Waals surface area contributed by atoms with Gasteiger partial charge in [-0.3, -0.25) is 4.57 Å². The van der Waals surface area contributed by atoms with Crippen molar-refractivity contribution in [3.05, 3.63) is 0 Å². The average Bonchev–Trinajstić information content (AvgIpc) is 1.21. The van der Waals surface area contributed by atoms with Crippen LogP contribution < -0.4 is 0 Å². The highest BCUT2D eigenvalue weighted by Crippen LogP contribution is 2.36. The summed E-state index contributed by atoms with van der Waals surface area (Å²) in [5, 5.41) is 0. The minimum atomic E-state index is -3.87. The molecule has 0 aliphatic heterocycles.